The van der Waals surface area contributed by atoms with Crippen LogP contribution < -0.4 is 9.47 Å². The number of pyridine rings is 1. The van der Waals surface area contributed by atoms with Gasteiger partial charge in [0.25, 0.3) is 5.91 Å². The molecule has 1 aromatic carbocycles. The molecule has 4 rings (SSSR count). The molecule has 0 N–H and O–H groups in total. The first-order chi connectivity index (χ1) is 13.7. The molecule has 1 amide bonds. The molecule has 1 aliphatic rings. The van der Waals surface area contributed by atoms with E-state index in [4.69, 9.17) is 14.2 Å². The van der Waals surface area contributed by atoms with E-state index >= 15 is 0 Å². The molecule has 1 aliphatic heterocycles. The maximum atomic E-state index is 13.0. The number of benzene rings is 1. The number of hydrogen-bond acceptors (Lipinski definition) is 7. The second-order valence-corrected chi connectivity index (χ2v) is 6.35. The second kappa shape index (κ2) is 7.77. The van der Waals surface area contributed by atoms with Crippen molar-refractivity contribution in [1.29, 1.82) is 0 Å². The number of ether oxygens (including phenoxy) is 3. The lowest BCUT2D eigenvalue weighted by atomic mass is 10.1. The fourth-order valence-corrected chi connectivity index (χ4v) is 3.16. The molecule has 1 atom stereocenters. The average Bonchev–Trinajstić information content (AvgIpc) is 2.77. The number of fused-ring (bicyclic) bond motifs is 1. The minimum absolute atomic E-state index is 0.0868. The Hall–Kier alpha value is -3.26. The van der Waals surface area contributed by atoms with E-state index in [1.165, 1.54) is 20.3 Å². The molecule has 8 nitrogen and oxygen atoms in total. The topological polar surface area (TPSA) is 86.7 Å². The summed E-state index contributed by atoms with van der Waals surface area (Å²) in [7, 11) is 2.92. The summed E-state index contributed by atoms with van der Waals surface area (Å²) in [5.41, 5.74) is 1.02. The van der Waals surface area contributed by atoms with Gasteiger partial charge in [-0.25, -0.2) is 0 Å². The molecule has 0 spiro atoms. The van der Waals surface area contributed by atoms with Gasteiger partial charge in [-0.1, -0.05) is 24.3 Å². The highest BCUT2D eigenvalue weighted by Crippen LogP contribution is 2.25. The van der Waals surface area contributed by atoms with Crippen LogP contribution in [0.3, 0.4) is 0 Å². The lowest BCUT2D eigenvalue weighted by molar-refractivity contribution is -0.0248. The van der Waals surface area contributed by atoms with Gasteiger partial charge in [-0.05, 0) is 11.5 Å². The fraction of sp³-hybridized carbons (Fsp3) is 0.300. The van der Waals surface area contributed by atoms with Crippen LogP contribution in [-0.4, -0.2) is 59.7 Å². The number of hydrogen-bond donors (Lipinski definition) is 0. The van der Waals surface area contributed by atoms with Crippen molar-refractivity contribution in [2.24, 2.45) is 0 Å². The Morgan fingerprint density at radius 1 is 1.14 bits per heavy atom. The second-order valence-electron chi connectivity index (χ2n) is 6.35. The van der Waals surface area contributed by atoms with Crippen molar-refractivity contribution in [3.05, 3.63) is 54.0 Å². The van der Waals surface area contributed by atoms with E-state index in [0.717, 1.165) is 16.5 Å². The molecule has 3 heterocycles. The van der Waals surface area contributed by atoms with Gasteiger partial charge in [0.15, 0.2) is 0 Å². The van der Waals surface area contributed by atoms with Gasteiger partial charge in [0.2, 0.25) is 5.88 Å². The summed E-state index contributed by atoms with van der Waals surface area (Å²) < 4.78 is 16.1. The van der Waals surface area contributed by atoms with Crippen molar-refractivity contribution in [2.45, 2.75) is 6.10 Å². The van der Waals surface area contributed by atoms with Crippen molar-refractivity contribution in [3.63, 3.8) is 0 Å². The van der Waals surface area contributed by atoms with E-state index in [1.807, 2.05) is 36.5 Å². The number of methoxy groups -OCH3 is 2. The van der Waals surface area contributed by atoms with Gasteiger partial charge in [-0.2, -0.15) is 9.97 Å². The summed E-state index contributed by atoms with van der Waals surface area (Å²) >= 11 is 0. The van der Waals surface area contributed by atoms with E-state index in [0.29, 0.717) is 19.7 Å². The smallest absolute Gasteiger partial charge is 0.320 e. The minimum atomic E-state index is -0.298. The lowest BCUT2D eigenvalue weighted by Gasteiger charge is -2.32. The van der Waals surface area contributed by atoms with Gasteiger partial charge < -0.3 is 19.1 Å². The summed E-state index contributed by atoms with van der Waals surface area (Å²) in [5, 5.41) is 2.15. The van der Waals surface area contributed by atoms with E-state index in [9.17, 15) is 4.79 Å². The van der Waals surface area contributed by atoms with Gasteiger partial charge in [-0.15, -0.1) is 0 Å². The van der Waals surface area contributed by atoms with Crippen LogP contribution in [0.15, 0.2) is 42.6 Å². The minimum Gasteiger partial charge on any atom is -0.481 e. The van der Waals surface area contributed by atoms with Crippen LogP contribution in [0, 0.1) is 0 Å². The first kappa shape index (κ1) is 18.1. The molecule has 0 aliphatic carbocycles. The molecule has 28 heavy (non-hydrogen) atoms. The summed E-state index contributed by atoms with van der Waals surface area (Å²) in [6, 6.07) is 11.6. The van der Waals surface area contributed by atoms with Gasteiger partial charge in [0.1, 0.15) is 11.8 Å². The zero-order chi connectivity index (χ0) is 19.5. The molecule has 0 bridgehead atoms. The monoisotopic (exact) mass is 380 g/mol. The molecular weight excluding hydrogens is 360 g/mol. The number of carbonyl (C=O) groups is 1. The van der Waals surface area contributed by atoms with E-state index in [2.05, 4.69) is 15.0 Å². The highest BCUT2D eigenvalue weighted by molar-refractivity contribution is 5.92. The number of morpholine rings is 1. The Balaban J connectivity index is 1.57. The van der Waals surface area contributed by atoms with Gasteiger partial charge in [0, 0.05) is 24.2 Å². The van der Waals surface area contributed by atoms with Gasteiger partial charge >= 0.3 is 6.01 Å². The highest BCUT2D eigenvalue weighted by atomic mass is 16.5. The standard InChI is InChI=1S/C20H20N4O4/c1-26-18-10-16(22-20(23-18)27-2)19(25)24-7-8-28-17(12-24)15-9-13-5-3-4-6-14(13)11-21-15/h3-6,9-11,17H,7-8,12H2,1-2H3/t17-/m0/s1. The molecule has 1 fully saturated rings. The Labute approximate surface area is 162 Å². The molecule has 8 heteroatoms. The van der Waals surface area contributed by atoms with Crippen LogP contribution in [0.1, 0.15) is 22.3 Å². The molecule has 0 saturated carbocycles. The maximum Gasteiger partial charge on any atom is 0.320 e. The summed E-state index contributed by atoms with van der Waals surface area (Å²) in [5.74, 6) is 0.0456. The Morgan fingerprint density at radius 2 is 1.96 bits per heavy atom. The zero-order valence-corrected chi connectivity index (χ0v) is 15.7. The maximum absolute atomic E-state index is 13.0. The van der Waals surface area contributed by atoms with Crippen LogP contribution in [0.5, 0.6) is 11.9 Å². The SMILES string of the molecule is COc1cc(C(=O)N2CCO[C@H](c3cc4ccccc4cn3)C2)nc(OC)n1. The van der Waals surface area contributed by atoms with Crippen LogP contribution in [-0.2, 0) is 4.74 Å². The fourth-order valence-electron chi connectivity index (χ4n) is 3.16. The van der Waals surface area contributed by atoms with Gasteiger partial charge in [0.05, 0.1) is 33.1 Å². The van der Waals surface area contributed by atoms with Crippen LogP contribution >= 0.6 is 0 Å². The molecular formula is C20H20N4O4. The number of carbonyl (C=O) groups excluding carboxylic acids is 1. The van der Waals surface area contributed by atoms with Crippen LogP contribution in [0.25, 0.3) is 10.8 Å². The quantitative estimate of drug-likeness (QED) is 0.686. The van der Waals surface area contributed by atoms with Gasteiger partial charge in [-0.3, -0.25) is 9.78 Å². The predicted octanol–water partition coefficient (Wildman–Crippen LogP) is 2.26. The number of nitrogens with zero attached hydrogens (tertiary/aromatic N) is 4. The van der Waals surface area contributed by atoms with Crippen LogP contribution in [0.2, 0.25) is 0 Å². The molecule has 0 radical (unpaired) electrons. The summed E-state index contributed by atoms with van der Waals surface area (Å²) in [6.07, 6.45) is 1.53. The molecule has 144 valence electrons. The van der Waals surface area contributed by atoms with Crippen molar-refractivity contribution in [3.8, 4) is 11.9 Å². The van der Waals surface area contributed by atoms with Crippen molar-refractivity contribution >= 4 is 16.7 Å². The molecule has 3 aromatic rings. The largest absolute Gasteiger partial charge is 0.481 e. The van der Waals surface area contributed by atoms with Crippen molar-refractivity contribution < 1.29 is 19.0 Å². The average molecular weight is 380 g/mol. The predicted molar refractivity (Wildman–Crippen MR) is 101 cm³/mol. The highest BCUT2D eigenvalue weighted by Gasteiger charge is 2.28. The Morgan fingerprint density at radius 3 is 2.75 bits per heavy atom. The lowest BCUT2D eigenvalue weighted by Crippen LogP contribution is -2.42. The molecule has 2 aromatic heterocycles. The summed E-state index contributed by atoms with van der Waals surface area (Å²) in [6.45, 7) is 1.28. The third-order valence-electron chi connectivity index (χ3n) is 4.63. The van der Waals surface area contributed by atoms with E-state index < -0.39 is 0 Å². The van der Waals surface area contributed by atoms with Crippen LogP contribution in [0.4, 0.5) is 0 Å². The first-order valence-corrected chi connectivity index (χ1v) is 8.90. The Bertz CT molecular complexity index is 988. The number of amides is 1. The molecule has 1 saturated heterocycles. The third kappa shape index (κ3) is 3.59. The van der Waals surface area contributed by atoms with Crippen molar-refractivity contribution in [1.82, 2.24) is 19.9 Å². The zero-order valence-electron chi connectivity index (χ0n) is 15.7. The van der Waals surface area contributed by atoms with E-state index in [-0.39, 0.29) is 29.6 Å². The number of aromatic nitrogens is 3. The van der Waals surface area contributed by atoms with Crippen molar-refractivity contribution in [2.75, 3.05) is 33.9 Å². The Kier molecular flexibility index (Phi) is 5.03. The number of rotatable bonds is 4. The summed E-state index contributed by atoms with van der Waals surface area (Å²) in [4.78, 5) is 27.4. The first-order valence-electron chi connectivity index (χ1n) is 8.90. The third-order valence-corrected chi connectivity index (χ3v) is 4.63. The van der Waals surface area contributed by atoms with E-state index in [1.54, 1.807) is 4.90 Å². The normalized spacial score (nSPS) is 16.8. The molecule has 0 unspecified atom stereocenters.